The van der Waals surface area contributed by atoms with Crippen LogP contribution in [0.1, 0.15) is 116 Å². The lowest BCUT2D eigenvalue weighted by molar-refractivity contribution is -0.141. The number of carbonyl (C=O) groups is 3. The van der Waals surface area contributed by atoms with Gasteiger partial charge in [-0.3, -0.25) is 9.59 Å². The molecule has 0 aromatic heterocycles. The van der Waals surface area contributed by atoms with Gasteiger partial charge in [-0.05, 0) is 35.3 Å². The summed E-state index contributed by atoms with van der Waals surface area (Å²) in [5.41, 5.74) is 3.01. The van der Waals surface area contributed by atoms with Crippen LogP contribution in [0.4, 0.5) is 10.5 Å². The molecular weight excluding hydrogens is 476 g/mol. The minimum Gasteiger partial charge on any atom is -0.339 e. The average Bonchev–Trinajstić information content (AvgIpc) is 2.90. The molecular formula is C31H52N4O3. The first-order valence-corrected chi connectivity index (χ1v) is 14.9. The normalized spacial score (nSPS) is 15.5. The van der Waals surface area contributed by atoms with Gasteiger partial charge in [-0.15, -0.1) is 0 Å². The Kier molecular flexibility index (Phi) is 13.1. The molecule has 1 heterocycles. The highest BCUT2D eigenvalue weighted by molar-refractivity contribution is 5.95. The predicted octanol–water partition coefficient (Wildman–Crippen LogP) is 6.50. The van der Waals surface area contributed by atoms with Crippen LogP contribution in [0.5, 0.6) is 0 Å². The van der Waals surface area contributed by atoms with Gasteiger partial charge in [-0.25, -0.2) is 4.79 Å². The molecule has 2 rings (SSSR count). The van der Waals surface area contributed by atoms with Crippen LogP contribution in [-0.2, 0) is 9.59 Å². The van der Waals surface area contributed by atoms with Crippen molar-refractivity contribution in [1.82, 2.24) is 15.1 Å². The second-order valence-electron chi connectivity index (χ2n) is 11.5. The molecule has 0 spiro atoms. The molecule has 0 bridgehead atoms. The molecule has 1 fully saturated rings. The van der Waals surface area contributed by atoms with E-state index in [0.717, 1.165) is 36.1 Å². The molecule has 1 saturated heterocycles. The topological polar surface area (TPSA) is 81.8 Å². The van der Waals surface area contributed by atoms with Gasteiger partial charge in [0.25, 0.3) is 0 Å². The lowest BCUT2D eigenvalue weighted by Crippen LogP contribution is -2.57. The molecule has 0 saturated carbocycles. The number of amides is 4. The molecule has 2 atom stereocenters. The second-order valence-corrected chi connectivity index (χ2v) is 11.5. The van der Waals surface area contributed by atoms with Crippen LogP contribution < -0.4 is 10.6 Å². The molecule has 0 radical (unpaired) electrons. The molecule has 1 aliphatic heterocycles. The summed E-state index contributed by atoms with van der Waals surface area (Å²) in [6.45, 7) is 16.8. The summed E-state index contributed by atoms with van der Waals surface area (Å²) in [5.74, 6) is 0.621. The number of carbonyl (C=O) groups excluding carboxylic acids is 3. The van der Waals surface area contributed by atoms with Crippen LogP contribution in [0.25, 0.3) is 0 Å². The Morgan fingerprint density at radius 2 is 1.37 bits per heavy atom. The second kappa shape index (κ2) is 15.7. The minimum atomic E-state index is -0.616. The smallest absolute Gasteiger partial charge is 0.319 e. The maximum Gasteiger partial charge on any atom is 0.319 e. The molecule has 0 aliphatic carbocycles. The maximum atomic E-state index is 13.6. The zero-order chi connectivity index (χ0) is 28.2. The molecule has 2 unspecified atom stereocenters. The van der Waals surface area contributed by atoms with Crippen molar-refractivity contribution >= 4 is 23.5 Å². The summed E-state index contributed by atoms with van der Waals surface area (Å²) in [4.78, 5) is 43.1. The molecule has 1 aliphatic rings. The Morgan fingerprint density at radius 3 is 1.89 bits per heavy atom. The largest absolute Gasteiger partial charge is 0.339 e. The lowest BCUT2D eigenvalue weighted by Gasteiger charge is -2.37. The van der Waals surface area contributed by atoms with Gasteiger partial charge in [0.15, 0.2) is 0 Å². The fraction of sp³-hybridized carbons (Fsp3) is 0.710. The van der Waals surface area contributed by atoms with Crippen LogP contribution >= 0.6 is 0 Å². The third kappa shape index (κ3) is 9.02. The van der Waals surface area contributed by atoms with E-state index >= 15 is 0 Å². The fourth-order valence-electron chi connectivity index (χ4n) is 5.08. The predicted molar refractivity (Wildman–Crippen MR) is 157 cm³/mol. The molecule has 214 valence electrons. The number of para-hydroxylation sites is 1. The molecule has 7 heteroatoms. The fourth-order valence-corrected chi connectivity index (χ4v) is 5.08. The summed E-state index contributed by atoms with van der Waals surface area (Å²) < 4.78 is 0. The Morgan fingerprint density at radius 1 is 0.816 bits per heavy atom. The van der Waals surface area contributed by atoms with Gasteiger partial charge in [-0.1, -0.05) is 98.8 Å². The van der Waals surface area contributed by atoms with E-state index in [9.17, 15) is 14.4 Å². The highest BCUT2D eigenvalue weighted by atomic mass is 16.2. The van der Waals surface area contributed by atoms with Crippen LogP contribution in [0.15, 0.2) is 18.2 Å². The Balaban J connectivity index is 2.02. The average molecular weight is 529 g/mol. The Hall–Kier alpha value is -2.57. The van der Waals surface area contributed by atoms with Gasteiger partial charge >= 0.3 is 6.03 Å². The van der Waals surface area contributed by atoms with E-state index in [4.69, 9.17) is 0 Å². The van der Waals surface area contributed by atoms with E-state index in [-0.39, 0.29) is 35.6 Å². The zero-order valence-corrected chi connectivity index (χ0v) is 24.9. The van der Waals surface area contributed by atoms with Crippen LogP contribution in [0.3, 0.4) is 0 Å². The number of nitrogens with zero attached hydrogens (tertiary/aromatic N) is 2. The minimum absolute atomic E-state index is 0.0130. The van der Waals surface area contributed by atoms with Crippen molar-refractivity contribution in [2.24, 2.45) is 5.92 Å². The lowest BCUT2D eigenvalue weighted by atomic mass is 9.92. The molecule has 4 amide bonds. The van der Waals surface area contributed by atoms with E-state index in [0.29, 0.717) is 32.6 Å². The summed E-state index contributed by atoms with van der Waals surface area (Å²) in [6.07, 6.45) is 7.00. The van der Waals surface area contributed by atoms with E-state index in [1.807, 2.05) is 29.7 Å². The quantitative estimate of drug-likeness (QED) is 0.287. The first-order chi connectivity index (χ1) is 18.1. The molecule has 2 N–H and O–H groups in total. The van der Waals surface area contributed by atoms with Gasteiger partial charge < -0.3 is 20.4 Å². The number of hydrogen-bond acceptors (Lipinski definition) is 3. The van der Waals surface area contributed by atoms with Crippen molar-refractivity contribution in [2.45, 2.75) is 111 Å². The molecule has 7 nitrogen and oxygen atoms in total. The van der Waals surface area contributed by atoms with Gasteiger partial charge in [-0.2, -0.15) is 0 Å². The number of hydrogen-bond donors (Lipinski definition) is 2. The van der Waals surface area contributed by atoms with Gasteiger partial charge in [0, 0.05) is 38.3 Å². The number of anilines is 1. The molecule has 1 aromatic rings. The summed E-state index contributed by atoms with van der Waals surface area (Å²) in [7, 11) is 0. The summed E-state index contributed by atoms with van der Waals surface area (Å²) >= 11 is 0. The summed E-state index contributed by atoms with van der Waals surface area (Å²) in [5, 5.41) is 6.09. The highest BCUT2D eigenvalue weighted by Crippen LogP contribution is 2.32. The Bertz CT molecular complexity index is 880. The highest BCUT2D eigenvalue weighted by Gasteiger charge is 2.33. The number of benzene rings is 1. The van der Waals surface area contributed by atoms with E-state index in [1.165, 1.54) is 19.3 Å². The standard InChI is InChI=1S/C31H52N4O3/c1-8-10-11-12-13-17-27(36)34-18-20-35(21-19-34)30(37)28(24(7)9-2)32-31(38)33-29-25(22(3)4)15-14-16-26(29)23(5)6/h14-16,22-24,28H,8-13,17-21H2,1-7H3,(H2,32,33,38). The van der Waals surface area contributed by atoms with Crippen molar-refractivity contribution in [3.63, 3.8) is 0 Å². The first-order valence-electron chi connectivity index (χ1n) is 14.9. The van der Waals surface area contributed by atoms with Crippen molar-refractivity contribution in [3.8, 4) is 0 Å². The van der Waals surface area contributed by atoms with Crippen molar-refractivity contribution in [1.29, 1.82) is 0 Å². The SMILES string of the molecule is CCCCCCCC(=O)N1CCN(C(=O)C(NC(=O)Nc2c(C(C)C)cccc2C(C)C)C(C)CC)CC1. The number of urea groups is 1. The summed E-state index contributed by atoms with van der Waals surface area (Å²) in [6, 6.07) is 5.17. The van der Waals surface area contributed by atoms with Crippen molar-refractivity contribution in [2.75, 3.05) is 31.5 Å². The van der Waals surface area contributed by atoms with E-state index in [1.54, 1.807) is 0 Å². The van der Waals surface area contributed by atoms with Crippen LogP contribution in [0.2, 0.25) is 0 Å². The third-order valence-electron chi connectivity index (χ3n) is 7.82. The van der Waals surface area contributed by atoms with Gasteiger partial charge in [0.2, 0.25) is 11.8 Å². The van der Waals surface area contributed by atoms with E-state index < -0.39 is 6.04 Å². The van der Waals surface area contributed by atoms with E-state index in [2.05, 4.69) is 57.4 Å². The van der Waals surface area contributed by atoms with Crippen LogP contribution in [0, 0.1) is 5.92 Å². The monoisotopic (exact) mass is 528 g/mol. The number of piperazine rings is 1. The first kappa shape index (κ1) is 31.6. The maximum absolute atomic E-state index is 13.6. The van der Waals surface area contributed by atoms with Crippen molar-refractivity contribution < 1.29 is 14.4 Å². The number of rotatable bonds is 13. The number of unbranched alkanes of at least 4 members (excludes halogenated alkanes) is 4. The van der Waals surface area contributed by atoms with Gasteiger partial charge in [0.1, 0.15) is 6.04 Å². The Labute approximate surface area is 231 Å². The zero-order valence-electron chi connectivity index (χ0n) is 24.9. The molecule has 38 heavy (non-hydrogen) atoms. The third-order valence-corrected chi connectivity index (χ3v) is 7.82. The van der Waals surface area contributed by atoms with Crippen LogP contribution in [-0.4, -0.2) is 59.9 Å². The van der Waals surface area contributed by atoms with Gasteiger partial charge in [0.05, 0.1) is 0 Å². The van der Waals surface area contributed by atoms with Crippen molar-refractivity contribution in [3.05, 3.63) is 29.3 Å². The molecule has 1 aromatic carbocycles. The number of nitrogens with one attached hydrogen (secondary N) is 2.